The normalized spacial score (nSPS) is 17.4. The Kier molecular flexibility index (Phi) is 6.10. The predicted octanol–water partition coefficient (Wildman–Crippen LogP) is 1.10. The predicted molar refractivity (Wildman–Crippen MR) is 94.0 cm³/mol. The standard InChI is InChI=1S/C14H22N4O2S2/c1-12-2-4-13(5-3-12)17-14(15)16-6-11-22(19,20)18-7-9-21-10-8-18/h2-5H,6-11H2,1H3,(H3,15,16,17). The van der Waals surface area contributed by atoms with E-state index in [-0.39, 0.29) is 18.3 Å². The Bertz CT molecular complexity index is 608. The molecule has 22 heavy (non-hydrogen) atoms. The Labute approximate surface area is 136 Å². The zero-order chi connectivity index (χ0) is 16.0. The van der Waals surface area contributed by atoms with Gasteiger partial charge in [0.05, 0.1) is 12.3 Å². The molecule has 1 fully saturated rings. The van der Waals surface area contributed by atoms with Crippen LogP contribution in [-0.2, 0) is 10.0 Å². The number of hydrogen-bond donors (Lipinski definition) is 2. The lowest BCUT2D eigenvalue weighted by Gasteiger charge is -2.25. The second-order valence-electron chi connectivity index (χ2n) is 5.09. The molecule has 1 saturated heterocycles. The van der Waals surface area contributed by atoms with Crippen molar-refractivity contribution in [3.05, 3.63) is 29.8 Å². The molecule has 0 saturated carbocycles. The van der Waals surface area contributed by atoms with Gasteiger partial charge >= 0.3 is 0 Å². The van der Waals surface area contributed by atoms with Gasteiger partial charge in [-0.1, -0.05) is 17.7 Å². The number of anilines is 1. The zero-order valence-corrected chi connectivity index (χ0v) is 14.3. The van der Waals surface area contributed by atoms with Gasteiger partial charge < -0.3 is 11.1 Å². The molecule has 0 aliphatic carbocycles. The van der Waals surface area contributed by atoms with Crippen molar-refractivity contribution in [3.8, 4) is 0 Å². The summed E-state index contributed by atoms with van der Waals surface area (Å²) in [6.45, 7) is 3.35. The van der Waals surface area contributed by atoms with Crippen LogP contribution in [0.1, 0.15) is 5.56 Å². The van der Waals surface area contributed by atoms with E-state index in [1.165, 1.54) is 0 Å². The molecular formula is C14H22N4O2S2. The zero-order valence-electron chi connectivity index (χ0n) is 12.7. The molecule has 0 atom stereocenters. The fraction of sp³-hybridized carbons (Fsp3) is 0.500. The second kappa shape index (κ2) is 7.85. The molecule has 0 unspecified atom stereocenters. The Morgan fingerprint density at radius 1 is 1.32 bits per heavy atom. The van der Waals surface area contributed by atoms with Gasteiger partial charge in [-0.2, -0.15) is 11.8 Å². The second-order valence-corrected chi connectivity index (χ2v) is 8.40. The van der Waals surface area contributed by atoms with Crippen LogP contribution in [0.2, 0.25) is 0 Å². The van der Waals surface area contributed by atoms with E-state index in [0.717, 1.165) is 22.8 Å². The molecule has 1 aromatic carbocycles. The summed E-state index contributed by atoms with van der Waals surface area (Å²) in [6.07, 6.45) is 0. The third-order valence-corrected chi connectivity index (χ3v) is 6.11. The Morgan fingerprint density at radius 2 is 1.95 bits per heavy atom. The van der Waals surface area contributed by atoms with Gasteiger partial charge in [0.25, 0.3) is 0 Å². The summed E-state index contributed by atoms with van der Waals surface area (Å²) in [5.74, 6) is 1.95. The number of hydrogen-bond acceptors (Lipinski definition) is 4. The quantitative estimate of drug-likeness (QED) is 0.618. The van der Waals surface area contributed by atoms with Crippen molar-refractivity contribution in [1.29, 1.82) is 0 Å². The summed E-state index contributed by atoms with van der Waals surface area (Å²) in [6, 6.07) is 7.74. The molecule has 1 aliphatic rings. The third-order valence-electron chi connectivity index (χ3n) is 3.32. The SMILES string of the molecule is Cc1ccc(NC(N)=NCCS(=O)(=O)N2CCSCC2)cc1. The monoisotopic (exact) mass is 342 g/mol. The van der Waals surface area contributed by atoms with Crippen LogP contribution < -0.4 is 11.1 Å². The average Bonchev–Trinajstić information content (AvgIpc) is 2.50. The van der Waals surface area contributed by atoms with Crippen molar-refractivity contribution in [1.82, 2.24) is 4.31 Å². The van der Waals surface area contributed by atoms with Crippen LogP contribution in [-0.4, -0.2) is 55.6 Å². The van der Waals surface area contributed by atoms with Crippen LogP contribution in [0.25, 0.3) is 0 Å². The summed E-state index contributed by atoms with van der Waals surface area (Å²) in [5.41, 5.74) is 7.77. The Morgan fingerprint density at radius 3 is 2.59 bits per heavy atom. The van der Waals surface area contributed by atoms with E-state index in [1.54, 1.807) is 16.1 Å². The van der Waals surface area contributed by atoms with E-state index in [0.29, 0.717) is 13.1 Å². The molecule has 0 amide bonds. The maximum absolute atomic E-state index is 12.1. The first kappa shape index (κ1) is 17.1. The maximum Gasteiger partial charge on any atom is 0.215 e. The first-order chi connectivity index (χ1) is 10.5. The van der Waals surface area contributed by atoms with Gasteiger partial charge in [-0.3, -0.25) is 4.99 Å². The molecule has 1 aromatic rings. The molecule has 1 heterocycles. The number of benzene rings is 1. The van der Waals surface area contributed by atoms with E-state index >= 15 is 0 Å². The van der Waals surface area contributed by atoms with Gasteiger partial charge in [-0.15, -0.1) is 0 Å². The molecule has 3 N–H and O–H groups in total. The lowest BCUT2D eigenvalue weighted by Crippen LogP contribution is -2.40. The van der Waals surface area contributed by atoms with Crippen molar-refractivity contribution in [2.24, 2.45) is 10.7 Å². The van der Waals surface area contributed by atoms with Crippen LogP contribution in [0.4, 0.5) is 5.69 Å². The van der Waals surface area contributed by atoms with Crippen LogP contribution >= 0.6 is 11.8 Å². The van der Waals surface area contributed by atoms with E-state index in [9.17, 15) is 8.42 Å². The number of aryl methyl sites for hydroxylation is 1. The summed E-state index contributed by atoms with van der Waals surface area (Å²) in [4.78, 5) is 4.09. The first-order valence-corrected chi connectivity index (χ1v) is 9.93. The van der Waals surface area contributed by atoms with Crippen LogP contribution in [0.3, 0.4) is 0 Å². The minimum atomic E-state index is -3.23. The summed E-state index contributed by atoms with van der Waals surface area (Å²) < 4.78 is 25.8. The molecule has 2 rings (SSSR count). The van der Waals surface area contributed by atoms with Gasteiger partial charge in [0, 0.05) is 30.3 Å². The number of aliphatic imine (C=N–C) groups is 1. The summed E-state index contributed by atoms with van der Waals surface area (Å²) in [7, 11) is -3.23. The number of nitrogens with zero attached hydrogens (tertiary/aromatic N) is 2. The number of nitrogens with two attached hydrogens (primary N) is 1. The van der Waals surface area contributed by atoms with E-state index in [2.05, 4.69) is 10.3 Å². The molecular weight excluding hydrogens is 320 g/mol. The van der Waals surface area contributed by atoms with E-state index < -0.39 is 10.0 Å². The molecule has 0 radical (unpaired) electrons. The maximum atomic E-state index is 12.1. The van der Waals surface area contributed by atoms with Crippen molar-refractivity contribution in [2.45, 2.75) is 6.92 Å². The van der Waals surface area contributed by atoms with Crippen molar-refractivity contribution in [3.63, 3.8) is 0 Å². The largest absolute Gasteiger partial charge is 0.370 e. The van der Waals surface area contributed by atoms with Crippen molar-refractivity contribution < 1.29 is 8.42 Å². The lowest BCUT2D eigenvalue weighted by atomic mass is 10.2. The van der Waals surface area contributed by atoms with Crippen LogP contribution in [0, 0.1) is 6.92 Å². The Hall–Kier alpha value is -1.25. The van der Waals surface area contributed by atoms with Gasteiger partial charge in [0.1, 0.15) is 0 Å². The smallest absolute Gasteiger partial charge is 0.215 e. The van der Waals surface area contributed by atoms with E-state index in [1.807, 2.05) is 31.2 Å². The fourth-order valence-electron chi connectivity index (χ4n) is 2.06. The topological polar surface area (TPSA) is 87.8 Å². The minimum absolute atomic E-state index is 0.00601. The molecule has 1 aliphatic heterocycles. The van der Waals surface area contributed by atoms with Gasteiger partial charge in [0.15, 0.2) is 5.96 Å². The highest BCUT2D eigenvalue weighted by Crippen LogP contribution is 2.13. The minimum Gasteiger partial charge on any atom is -0.370 e. The number of sulfonamides is 1. The first-order valence-electron chi connectivity index (χ1n) is 7.16. The number of thioether (sulfide) groups is 1. The van der Waals surface area contributed by atoms with Crippen LogP contribution in [0.15, 0.2) is 29.3 Å². The van der Waals surface area contributed by atoms with Gasteiger partial charge in [0.2, 0.25) is 10.0 Å². The van der Waals surface area contributed by atoms with Crippen LogP contribution in [0.5, 0.6) is 0 Å². The van der Waals surface area contributed by atoms with Gasteiger partial charge in [-0.05, 0) is 19.1 Å². The highest BCUT2D eigenvalue weighted by molar-refractivity contribution is 7.99. The number of rotatable bonds is 5. The molecule has 0 bridgehead atoms. The average molecular weight is 342 g/mol. The van der Waals surface area contributed by atoms with Crippen molar-refractivity contribution >= 4 is 33.4 Å². The Balaban J connectivity index is 1.84. The van der Waals surface area contributed by atoms with E-state index in [4.69, 9.17) is 5.73 Å². The highest BCUT2D eigenvalue weighted by Gasteiger charge is 2.23. The lowest BCUT2D eigenvalue weighted by molar-refractivity contribution is 0.444. The molecule has 0 spiro atoms. The fourth-order valence-corrected chi connectivity index (χ4v) is 4.51. The summed E-state index contributed by atoms with van der Waals surface area (Å²) in [5, 5.41) is 2.95. The highest BCUT2D eigenvalue weighted by atomic mass is 32.2. The van der Waals surface area contributed by atoms with Crippen molar-refractivity contribution in [2.75, 3.05) is 42.2 Å². The molecule has 0 aromatic heterocycles. The third kappa shape index (κ3) is 5.19. The summed E-state index contributed by atoms with van der Waals surface area (Å²) >= 11 is 1.78. The molecule has 122 valence electrons. The molecule has 8 heteroatoms. The number of nitrogens with one attached hydrogen (secondary N) is 1. The van der Waals surface area contributed by atoms with Gasteiger partial charge in [-0.25, -0.2) is 12.7 Å². The number of guanidine groups is 1. The molecule has 6 nitrogen and oxygen atoms in total.